The number of fused-ring (bicyclic) bond motifs is 3. The number of nitrogens with zero attached hydrogens (tertiary/aromatic N) is 1. The molecule has 0 saturated carbocycles. The number of hydrogen-bond acceptors (Lipinski definition) is 6. The average molecular weight is 468 g/mol. The van der Waals surface area contributed by atoms with Crippen LogP contribution < -0.4 is 0 Å². The van der Waals surface area contributed by atoms with Crippen LogP contribution in [0.15, 0.2) is 11.6 Å². The lowest BCUT2D eigenvalue weighted by atomic mass is 9.86. The smallest absolute Gasteiger partial charge is 0.410 e. The highest BCUT2D eigenvalue weighted by Gasteiger charge is 2.56. The van der Waals surface area contributed by atoms with Gasteiger partial charge in [0.25, 0.3) is 0 Å². The minimum atomic E-state index is -0.761. The molecule has 4 atom stereocenters. The SMILES string of the molecule is CCCCCCCCN(C(=O)OC(C)(C)C)[C@@H]1C=C2COC(C)(C)O[C@@H]2C2OC(C)(C)O[C@H]21. The Morgan fingerprint density at radius 3 is 2.30 bits per heavy atom. The van der Waals surface area contributed by atoms with E-state index in [-0.39, 0.29) is 30.4 Å². The second kappa shape index (κ2) is 10.2. The number of hydrogen-bond donors (Lipinski definition) is 0. The number of ether oxygens (including phenoxy) is 5. The van der Waals surface area contributed by atoms with Crippen LogP contribution in [0.1, 0.15) is 93.9 Å². The van der Waals surface area contributed by atoms with Gasteiger partial charge in [-0.25, -0.2) is 4.79 Å². The van der Waals surface area contributed by atoms with Crippen LogP contribution in [-0.2, 0) is 23.7 Å². The summed E-state index contributed by atoms with van der Waals surface area (Å²) in [7, 11) is 0. The van der Waals surface area contributed by atoms with Gasteiger partial charge in [-0.1, -0.05) is 45.1 Å². The van der Waals surface area contributed by atoms with E-state index in [0.29, 0.717) is 13.2 Å². The molecule has 0 radical (unpaired) electrons. The first-order chi connectivity index (χ1) is 15.3. The first kappa shape index (κ1) is 26.5. The van der Waals surface area contributed by atoms with Gasteiger partial charge in [0.2, 0.25) is 0 Å². The highest BCUT2D eigenvalue weighted by Crippen LogP contribution is 2.43. The molecule has 1 amide bonds. The summed E-state index contributed by atoms with van der Waals surface area (Å²) in [5.74, 6) is -1.46. The predicted octanol–water partition coefficient (Wildman–Crippen LogP) is 5.56. The second-order valence-electron chi connectivity index (χ2n) is 11.5. The van der Waals surface area contributed by atoms with Crippen LogP contribution in [0, 0.1) is 0 Å². The van der Waals surface area contributed by atoms with E-state index in [1.165, 1.54) is 25.7 Å². The van der Waals surface area contributed by atoms with Crippen LogP contribution in [0.4, 0.5) is 4.79 Å². The average Bonchev–Trinajstić information content (AvgIpc) is 3.01. The fourth-order valence-corrected chi connectivity index (χ4v) is 4.82. The van der Waals surface area contributed by atoms with Crippen molar-refractivity contribution in [3.63, 3.8) is 0 Å². The molecule has 33 heavy (non-hydrogen) atoms. The van der Waals surface area contributed by atoms with Crippen LogP contribution in [0.25, 0.3) is 0 Å². The lowest BCUT2D eigenvalue weighted by Gasteiger charge is -2.46. The molecule has 0 bridgehead atoms. The van der Waals surface area contributed by atoms with Gasteiger partial charge < -0.3 is 23.7 Å². The molecule has 0 aromatic heterocycles. The molecule has 190 valence electrons. The van der Waals surface area contributed by atoms with E-state index in [9.17, 15) is 4.79 Å². The second-order valence-corrected chi connectivity index (χ2v) is 11.5. The fraction of sp³-hybridized carbons (Fsp3) is 0.885. The van der Waals surface area contributed by atoms with E-state index in [1.807, 2.05) is 53.4 Å². The van der Waals surface area contributed by atoms with Crippen molar-refractivity contribution in [1.29, 1.82) is 0 Å². The van der Waals surface area contributed by atoms with Gasteiger partial charge in [0.15, 0.2) is 11.6 Å². The van der Waals surface area contributed by atoms with Crippen LogP contribution >= 0.6 is 0 Å². The third-order valence-electron chi connectivity index (χ3n) is 6.29. The summed E-state index contributed by atoms with van der Waals surface area (Å²) in [5, 5.41) is 0. The Balaban J connectivity index is 1.84. The molecule has 2 fully saturated rings. The van der Waals surface area contributed by atoms with Crippen molar-refractivity contribution in [2.45, 2.75) is 135 Å². The fourth-order valence-electron chi connectivity index (χ4n) is 4.82. The number of amides is 1. The molecule has 7 nitrogen and oxygen atoms in total. The van der Waals surface area contributed by atoms with Gasteiger partial charge in [0, 0.05) is 6.54 Å². The van der Waals surface area contributed by atoms with Gasteiger partial charge in [-0.3, -0.25) is 4.90 Å². The van der Waals surface area contributed by atoms with E-state index in [1.54, 1.807) is 0 Å². The summed E-state index contributed by atoms with van der Waals surface area (Å²) >= 11 is 0. The quantitative estimate of drug-likeness (QED) is 0.344. The Kier molecular flexibility index (Phi) is 8.20. The van der Waals surface area contributed by atoms with Crippen molar-refractivity contribution in [2.75, 3.05) is 13.2 Å². The maximum atomic E-state index is 13.4. The van der Waals surface area contributed by atoms with Crippen molar-refractivity contribution < 1.29 is 28.5 Å². The monoisotopic (exact) mass is 467 g/mol. The minimum absolute atomic E-state index is 0.258. The lowest BCUT2D eigenvalue weighted by molar-refractivity contribution is -0.274. The molecule has 2 heterocycles. The number of carbonyl (C=O) groups excluding carboxylic acids is 1. The van der Waals surface area contributed by atoms with Crippen molar-refractivity contribution in [3.8, 4) is 0 Å². The summed E-state index contributed by atoms with van der Waals surface area (Å²) in [4.78, 5) is 15.2. The lowest BCUT2D eigenvalue weighted by Crippen LogP contribution is -2.59. The first-order valence-corrected chi connectivity index (χ1v) is 12.7. The van der Waals surface area contributed by atoms with Gasteiger partial charge >= 0.3 is 6.09 Å². The van der Waals surface area contributed by atoms with Gasteiger partial charge in [-0.15, -0.1) is 0 Å². The summed E-state index contributed by atoms with van der Waals surface area (Å²) in [6, 6.07) is -0.304. The molecule has 0 aromatic carbocycles. The standard InChI is InChI=1S/C26H45NO6/c1-9-10-11-12-13-14-15-27(23(28)33-24(2,3)4)19-16-18-17-29-25(5,6)30-20(18)22-21(19)31-26(7,8)32-22/h16,19-22H,9-15,17H2,1-8H3/t19-,20+,21+,22?/m1/s1. The Morgan fingerprint density at radius 1 is 1.00 bits per heavy atom. The van der Waals surface area contributed by atoms with E-state index in [0.717, 1.165) is 18.4 Å². The Hall–Kier alpha value is -1.15. The topological polar surface area (TPSA) is 66.5 Å². The van der Waals surface area contributed by atoms with Crippen LogP contribution in [0.2, 0.25) is 0 Å². The number of rotatable bonds is 8. The largest absolute Gasteiger partial charge is 0.444 e. The van der Waals surface area contributed by atoms with Crippen LogP contribution in [0.3, 0.4) is 0 Å². The molecule has 3 aliphatic rings. The molecule has 2 saturated heterocycles. The highest BCUT2D eigenvalue weighted by molar-refractivity contribution is 5.69. The van der Waals surface area contributed by atoms with Crippen molar-refractivity contribution in [2.24, 2.45) is 0 Å². The van der Waals surface area contributed by atoms with E-state index in [4.69, 9.17) is 23.7 Å². The predicted molar refractivity (Wildman–Crippen MR) is 127 cm³/mol. The highest BCUT2D eigenvalue weighted by atomic mass is 16.8. The zero-order chi connectivity index (χ0) is 24.4. The first-order valence-electron chi connectivity index (χ1n) is 12.7. The molecular formula is C26H45NO6. The zero-order valence-electron chi connectivity index (χ0n) is 21.9. The molecule has 7 heteroatoms. The minimum Gasteiger partial charge on any atom is -0.444 e. The summed E-state index contributed by atoms with van der Waals surface area (Å²) in [6.07, 6.45) is 7.76. The normalized spacial score (nSPS) is 30.2. The maximum absolute atomic E-state index is 13.4. The molecule has 0 N–H and O–H groups in total. The Morgan fingerprint density at radius 2 is 1.64 bits per heavy atom. The van der Waals surface area contributed by atoms with Crippen molar-refractivity contribution in [1.82, 2.24) is 4.90 Å². The Labute approximate surface area is 200 Å². The third kappa shape index (κ3) is 6.93. The summed E-state index contributed by atoms with van der Waals surface area (Å²) in [6.45, 7) is 16.6. The molecule has 0 aromatic rings. The van der Waals surface area contributed by atoms with Crippen molar-refractivity contribution >= 4 is 6.09 Å². The molecule has 2 aliphatic heterocycles. The van der Waals surface area contributed by atoms with Gasteiger partial charge in [0.1, 0.15) is 23.9 Å². The zero-order valence-corrected chi connectivity index (χ0v) is 21.9. The molecule has 0 spiro atoms. The van der Waals surface area contributed by atoms with Crippen LogP contribution in [0.5, 0.6) is 0 Å². The maximum Gasteiger partial charge on any atom is 0.410 e. The van der Waals surface area contributed by atoms with Gasteiger partial charge in [0.05, 0.1) is 12.6 Å². The number of unbranched alkanes of at least 4 members (excludes halogenated alkanes) is 5. The van der Waals surface area contributed by atoms with Gasteiger partial charge in [-0.2, -0.15) is 0 Å². The Bertz CT molecular complexity index is 710. The van der Waals surface area contributed by atoms with E-state index in [2.05, 4.69) is 13.0 Å². The third-order valence-corrected chi connectivity index (χ3v) is 6.29. The molecular weight excluding hydrogens is 422 g/mol. The van der Waals surface area contributed by atoms with Gasteiger partial charge in [-0.05, 0) is 60.5 Å². The molecule has 3 rings (SSSR count). The van der Waals surface area contributed by atoms with Crippen molar-refractivity contribution in [3.05, 3.63) is 11.6 Å². The number of carbonyl (C=O) groups is 1. The summed E-state index contributed by atoms with van der Waals surface area (Å²) < 4.78 is 30.7. The summed E-state index contributed by atoms with van der Waals surface area (Å²) in [5.41, 5.74) is 0.423. The molecule has 1 aliphatic carbocycles. The van der Waals surface area contributed by atoms with Crippen LogP contribution in [-0.4, -0.2) is 65.7 Å². The molecule has 1 unspecified atom stereocenters. The van der Waals surface area contributed by atoms with E-state index < -0.39 is 17.2 Å². The van der Waals surface area contributed by atoms with E-state index >= 15 is 0 Å².